The molecule has 0 saturated carbocycles. The van der Waals surface area contributed by atoms with E-state index in [-0.39, 0.29) is 0 Å². The van der Waals surface area contributed by atoms with Crippen molar-refractivity contribution in [2.45, 2.75) is 26.0 Å². The third kappa shape index (κ3) is 3.05. The van der Waals surface area contributed by atoms with Gasteiger partial charge in [-0.25, -0.2) is 4.98 Å². The van der Waals surface area contributed by atoms with Crippen LogP contribution in [-0.2, 0) is 6.54 Å². The number of aliphatic hydroxyl groups excluding tert-OH is 1. The lowest BCUT2D eigenvalue weighted by Crippen LogP contribution is -2.17. The standard InChI is InChI=1S/C13H17N3OS/c1-3-13(17)12-5-4-11(6-14-12)16(2)7-10-8-18-9-15-10/h4-6,8-9,13,17H,3,7H2,1-2H3/t13-/m0/s1. The molecule has 0 amide bonds. The summed E-state index contributed by atoms with van der Waals surface area (Å²) in [6, 6.07) is 3.86. The van der Waals surface area contributed by atoms with Crippen LogP contribution in [0.2, 0.25) is 0 Å². The molecule has 2 heterocycles. The molecule has 0 saturated heterocycles. The van der Waals surface area contributed by atoms with Gasteiger partial charge < -0.3 is 10.0 Å². The number of hydrogen-bond donors (Lipinski definition) is 1. The number of thiazole rings is 1. The summed E-state index contributed by atoms with van der Waals surface area (Å²) in [5, 5.41) is 11.7. The molecular weight excluding hydrogens is 246 g/mol. The molecule has 1 atom stereocenters. The van der Waals surface area contributed by atoms with Crippen LogP contribution in [0.3, 0.4) is 0 Å². The molecule has 0 unspecified atom stereocenters. The van der Waals surface area contributed by atoms with E-state index in [1.54, 1.807) is 17.5 Å². The Balaban J connectivity index is 2.04. The van der Waals surface area contributed by atoms with Crippen LogP contribution in [0, 0.1) is 0 Å². The SMILES string of the molecule is CC[C@H](O)c1ccc(N(C)Cc2cscn2)cn1. The van der Waals surface area contributed by atoms with Gasteiger partial charge in [-0.05, 0) is 18.6 Å². The Morgan fingerprint density at radius 1 is 1.39 bits per heavy atom. The van der Waals surface area contributed by atoms with Crippen LogP contribution in [0.5, 0.6) is 0 Å². The van der Waals surface area contributed by atoms with E-state index >= 15 is 0 Å². The minimum atomic E-state index is -0.470. The topological polar surface area (TPSA) is 49.2 Å². The molecule has 18 heavy (non-hydrogen) atoms. The molecule has 0 spiro atoms. The minimum Gasteiger partial charge on any atom is -0.387 e. The number of hydrogen-bond acceptors (Lipinski definition) is 5. The number of anilines is 1. The first kappa shape index (κ1) is 13.0. The highest BCUT2D eigenvalue weighted by Gasteiger charge is 2.08. The Morgan fingerprint density at radius 2 is 2.22 bits per heavy atom. The number of pyridine rings is 1. The number of aliphatic hydroxyl groups is 1. The Labute approximate surface area is 111 Å². The van der Waals surface area contributed by atoms with Crippen molar-refractivity contribution in [2.75, 3.05) is 11.9 Å². The van der Waals surface area contributed by atoms with Crippen molar-refractivity contribution in [3.8, 4) is 0 Å². The number of nitrogens with zero attached hydrogens (tertiary/aromatic N) is 3. The van der Waals surface area contributed by atoms with Crippen LogP contribution in [0.25, 0.3) is 0 Å². The van der Waals surface area contributed by atoms with Crippen LogP contribution < -0.4 is 4.90 Å². The maximum Gasteiger partial charge on any atom is 0.0957 e. The number of rotatable bonds is 5. The largest absolute Gasteiger partial charge is 0.387 e. The van der Waals surface area contributed by atoms with Crippen LogP contribution in [0.15, 0.2) is 29.2 Å². The highest BCUT2D eigenvalue weighted by molar-refractivity contribution is 7.07. The third-order valence-electron chi connectivity index (χ3n) is 2.82. The van der Waals surface area contributed by atoms with Gasteiger partial charge in [-0.2, -0.15) is 0 Å². The summed E-state index contributed by atoms with van der Waals surface area (Å²) >= 11 is 1.60. The molecule has 96 valence electrons. The van der Waals surface area contributed by atoms with Gasteiger partial charge >= 0.3 is 0 Å². The van der Waals surface area contributed by atoms with E-state index < -0.39 is 6.10 Å². The Morgan fingerprint density at radius 3 is 2.78 bits per heavy atom. The van der Waals surface area contributed by atoms with E-state index in [1.807, 2.05) is 37.0 Å². The zero-order chi connectivity index (χ0) is 13.0. The average molecular weight is 263 g/mol. The molecule has 0 aromatic carbocycles. The average Bonchev–Trinajstić information content (AvgIpc) is 2.91. The summed E-state index contributed by atoms with van der Waals surface area (Å²) in [6.07, 6.45) is 2.00. The number of aromatic nitrogens is 2. The fourth-order valence-corrected chi connectivity index (χ4v) is 2.23. The van der Waals surface area contributed by atoms with Crippen LogP contribution in [0.1, 0.15) is 30.8 Å². The second-order valence-corrected chi connectivity index (χ2v) is 4.92. The van der Waals surface area contributed by atoms with Crippen molar-refractivity contribution in [2.24, 2.45) is 0 Å². The molecule has 0 radical (unpaired) electrons. The molecular formula is C13H17N3OS. The summed E-state index contributed by atoms with van der Waals surface area (Å²) in [5.74, 6) is 0. The second-order valence-electron chi connectivity index (χ2n) is 4.20. The molecule has 0 aliphatic heterocycles. The molecule has 2 aromatic heterocycles. The first-order valence-electron chi connectivity index (χ1n) is 5.93. The highest BCUT2D eigenvalue weighted by Crippen LogP contribution is 2.18. The van der Waals surface area contributed by atoms with Crippen molar-refractivity contribution in [3.05, 3.63) is 40.6 Å². The quantitative estimate of drug-likeness (QED) is 0.901. The van der Waals surface area contributed by atoms with Gasteiger partial charge in [0.25, 0.3) is 0 Å². The Kier molecular flexibility index (Phi) is 4.28. The Bertz CT molecular complexity index is 469. The van der Waals surface area contributed by atoms with Gasteiger partial charge in [0.05, 0.1) is 41.4 Å². The second kappa shape index (κ2) is 5.93. The van der Waals surface area contributed by atoms with E-state index in [1.165, 1.54) is 0 Å². The van der Waals surface area contributed by atoms with Gasteiger partial charge in [-0.1, -0.05) is 6.92 Å². The van der Waals surface area contributed by atoms with Gasteiger partial charge in [0.15, 0.2) is 0 Å². The highest BCUT2D eigenvalue weighted by atomic mass is 32.1. The molecule has 0 aliphatic rings. The lowest BCUT2D eigenvalue weighted by molar-refractivity contribution is 0.169. The van der Waals surface area contributed by atoms with Gasteiger partial charge in [0.2, 0.25) is 0 Å². The molecule has 0 bridgehead atoms. The van der Waals surface area contributed by atoms with E-state index in [9.17, 15) is 5.11 Å². The maximum absolute atomic E-state index is 9.68. The normalized spacial score (nSPS) is 12.4. The van der Waals surface area contributed by atoms with Gasteiger partial charge in [0, 0.05) is 12.4 Å². The first-order valence-corrected chi connectivity index (χ1v) is 6.87. The molecule has 2 rings (SSSR count). The lowest BCUT2D eigenvalue weighted by Gasteiger charge is -2.18. The molecule has 1 N–H and O–H groups in total. The van der Waals surface area contributed by atoms with E-state index in [0.717, 1.165) is 23.6 Å². The smallest absolute Gasteiger partial charge is 0.0957 e. The lowest BCUT2D eigenvalue weighted by atomic mass is 10.2. The van der Waals surface area contributed by atoms with Gasteiger partial charge in [-0.3, -0.25) is 4.98 Å². The van der Waals surface area contributed by atoms with Crippen molar-refractivity contribution >= 4 is 17.0 Å². The molecule has 0 fully saturated rings. The summed E-state index contributed by atoms with van der Waals surface area (Å²) < 4.78 is 0. The van der Waals surface area contributed by atoms with Crippen molar-refractivity contribution in [1.29, 1.82) is 0 Å². The van der Waals surface area contributed by atoms with Crippen molar-refractivity contribution in [3.63, 3.8) is 0 Å². The zero-order valence-electron chi connectivity index (χ0n) is 10.6. The van der Waals surface area contributed by atoms with Crippen LogP contribution in [0.4, 0.5) is 5.69 Å². The van der Waals surface area contributed by atoms with Crippen molar-refractivity contribution < 1.29 is 5.11 Å². The molecule has 0 aliphatic carbocycles. The minimum absolute atomic E-state index is 0.470. The fourth-order valence-electron chi connectivity index (χ4n) is 1.68. The van der Waals surface area contributed by atoms with Crippen LogP contribution >= 0.6 is 11.3 Å². The predicted molar refractivity (Wildman–Crippen MR) is 73.7 cm³/mol. The summed E-state index contributed by atoms with van der Waals surface area (Å²) in [4.78, 5) is 10.6. The first-order chi connectivity index (χ1) is 8.70. The van der Waals surface area contributed by atoms with Crippen molar-refractivity contribution in [1.82, 2.24) is 9.97 Å². The summed E-state index contributed by atoms with van der Waals surface area (Å²) in [7, 11) is 2.01. The Hall–Kier alpha value is -1.46. The summed E-state index contributed by atoms with van der Waals surface area (Å²) in [5.41, 5.74) is 4.64. The van der Waals surface area contributed by atoms with Gasteiger partial charge in [0.1, 0.15) is 0 Å². The van der Waals surface area contributed by atoms with Crippen LogP contribution in [-0.4, -0.2) is 22.1 Å². The van der Waals surface area contributed by atoms with Gasteiger partial charge in [-0.15, -0.1) is 11.3 Å². The van der Waals surface area contributed by atoms with E-state index in [0.29, 0.717) is 6.42 Å². The maximum atomic E-state index is 9.68. The zero-order valence-corrected chi connectivity index (χ0v) is 11.4. The molecule has 2 aromatic rings. The molecule has 5 heteroatoms. The molecule has 4 nitrogen and oxygen atoms in total. The van der Waals surface area contributed by atoms with E-state index in [4.69, 9.17) is 0 Å². The monoisotopic (exact) mass is 263 g/mol. The predicted octanol–water partition coefficient (Wildman–Crippen LogP) is 2.62. The van der Waals surface area contributed by atoms with E-state index in [2.05, 4.69) is 14.9 Å². The third-order valence-corrected chi connectivity index (χ3v) is 3.46. The summed E-state index contributed by atoms with van der Waals surface area (Å²) in [6.45, 7) is 2.70. The fraction of sp³-hybridized carbons (Fsp3) is 0.385.